The molecular weight excluding hydrogens is 374 g/mol. The van der Waals surface area contributed by atoms with Crippen LogP contribution in [0.2, 0.25) is 0 Å². The van der Waals surface area contributed by atoms with Gasteiger partial charge >= 0.3 is 5.97 Å². The molecule has 0 spiro atoms. The van der Waals surface area contributed by atoms with Gasteiger partial charge in [-0.2, -0.15) is 0 Å². The Balaban J connectivity index is 1.33. The first-order chi connectivity index (χ1) is 14.1. The average Bonchev–Trinajstić information content (AvgIpc) is 2.93. The van der Waals surface area contributed by atoms with Crippen molar-refractivity contribution in [3.8, 4) is 11.5 Å². The molecule has 7 nitrogen and oxygen atoms in total. The Hall–Kier alpha value is -3.61. The van der Waals surface area contributed by atoms with E-state index in [1.807, 2.05) is 6.07 Å². The van der Waals surface area contributed by atoms with Gasteiger partial charge in [-0.1, -0.05) is 6.07 Å². The van der Waals surface area contributed by atoms with Crippen LogP contribution in [0.3, 0.4) is 0 Å². The third-order valence-electron chi connectivity index (χ3n) is 4.58. The molecule has 0 saturated heterocycles. The van der Waals surface area contributed by atoms with E-state index >= 15 is 0 Å². The highest BCUT2D eigenvalue weighted by molar-refractivity contribution is 6.03. The molecule has 0 radical (unpaired) electrons. The minimum absolute atomic E-state index is 0.101. The summed E-state index contributed by atoms with van der Waals surface area (Å²) in [4.78, 5) is 35.6. The quantitative estimate of drug-likeness (QED) is 0.477. The van der Waals surface area contributed by atoms with Crippen LogP contribution in [0.4, 0.5) is 5.69 Å². The lowest BCUT2D eigenvalue weighted by molar-refractivity contribution is -0.136. The van der Waals surface area contributed by atoms with Crippen molar-refractivity contribution in [3.05, 3.63) is 59.2 Å². The third-order valence-corrected chi connectivity index (χ3v) is 4.58. The van der Waals surface area contributed by atoms with E-state index in [2.05, 4.69) is 5.32 Å². The highest BCUT2D eigenvalue weighted by atomic mass is 16.5. The zero-order chi connectivity index (χ0) is 20.2. The monoisotopic (exact) mass is 393 g/mol. The lowest BCUT2D eigenvalue weighted by atomic mass is 10.1. The zero-order valence-electron chi connectivity index (χ0n) is 15.6. The van der Waals surface area contributed by atoms with Gasteiger partial charge in [-0.15, -0.1) is 0 Å². The second kappa shape index (κ2) is 8.18. The van der Waals surface area contributed by atoms with E-state index in [0.29, 0.717) is 36.0 Å². The molecule has 2 aromatic rings. The topological polar surface area (TPSA) is 90.9 Å². The summed E-state index contributed by atoms with van der Waals surface area (Å²) in [6.07, 6.45) is 3.91. The molecule has 0 aromatic heterocycles. The fourth-order valence-corrected chi connectivity index (χ4v) is 3.12. The smallest absolute Gasteiger partial charge is 0.331 e. The van der Waals surface area contributed by atoms with Gasteiger partial charge in [0.15, 0.2) is 23.9 Å². The van der Waals surface area contributed by atoms with Gasteiger partial charge in [0.05, 0.1) is 19.6 Å². The number of rotatable bonds is 5. The van der Waals surface area contributed by atoms with Crippen molar-refractivity contribution >= 4 is 29.4 Å². The molecule has 4 rings (SSSR count). The summed E-state index contributed by atoms with van der Waals surface area (Å²) in [5, 5.41) is 2.71. The van der Waals surface area contributed by atoms with E-state index in [4.69, 9.17) is 14.2 Å². The summed E-state index contributed by atoms with van der Waals surface area (Å²) >= 11 is 0. The average molecular weight is 393 g/mol. The van der Waals surface area contributed by atoms with Crippen molar-refractivity contribution in [3.63, 3.8) is 0 Å². The number of anilines is 1. The molecule has 0 unspecified atom stereocenters. The van der Waals surface area contributed by atoms with Crippen molar-refractivity contribution in [2.45, 2.75) is 12.8 Å². The van der Waals surface area contributed by atoms with Crippen LogP contribution in [0.25, 0.3) is 6.08 Å². The van der Waals surface area contributed by atoms with Crippen LogP contribution in [-0.2, 0) is 20.7 Å². The number of nitrogens with one attached hydrogen (secondary N) is 1. The normalized spacial score (nSPS) is 14.8. The number of carbonyl (C=O) groups excluding carboxylic acids is 3. The van der Waals surface area contributed by atoms with Crippen molar-refractivity contribution in [2.75, 3.05) is 25.1 Å². The summed E-state index contributed by atoms with van der Waals surface area (Å²) in [6, 6.07) is 10.3. The molecule has 29 heavy (non-hydrogen) atoms. The van der Waals surface area contributed by atoms with Crippen LogP contribution in [0.15, 0.2) is 42.5 Å². The Morgan fingerprint density at radius 1 is 1.07 bits per heavy atom. The minimum Gasteiger partial charge on any atom is -0.490 e. The Bertz CT molecular complexity index is 1010. The van der Waals surface area contributed by atoms with Gasteiger partial charge in [0.25, 0.3) is 0 Å². The molecule has 0 fully saturated rings. The van der Waals surface area contributed by atoms with Gasteiger partial charge in [-0.25, -0.2) is 4.79 Å². The van der Waals surface area contributed by atoms with Crippen LogP contribution in [0.1, 0.15) is 27.9 Å². The number of ether oxygens (including phenoxy) is 3. The number of ketones is 1. The van der Waals surface area contributed by atoms with Crippen molar-refractivity contribution in [1.29, 1.82) is 0 Å². The number of amides is 1. The Labute approximate surface area is 167 Å². The number of Topliss-reactive ketones (excluding diaryl/α,β-unsaturated/α-hetero) is 1. The van der Waals surface area contributed by atoms with E-state index < -0.39 is 5.97 Å². The number of hydrogen-bond donors (Lipinski definition) is 1. The first-order valence-electron chi connectivity index (χ1n) is 9.29. The predicted molar refractivity (Wildman–Crippen MR) is 105 cm³/mol. The van der Waals surface area contributed by atoms with Crippen molar-refractivity contribution in [2.24, 2.45) is 0 Å². The Kier molecular flexibility index (Phi) is 5.29. The fourth-order valence-electron chi connectivity index (χ4n) is 3.12. The number of benzene rings is 2. The van der Waals surface area contributed by atoms with Gasteiger partial charge in [0.1, 0.15) is 0 Å². The largest absolute Gasteiger partial charge is 0.490 e. The first-order valence-corrected chi connectivity index (χ1v) is 9.29. The maximum absolute atomic E-state index is 12.3. The number of fused-ring (bicyclic) bond motifs is 2. The molecule has 1 N–H and O–H groups in total. The van der Waals surface area contributed by atoms with Crippen LogP contribution < -0.4 is 14.8 Å². The molecule has 2 heterocycles. The summed E-state index contributed by atoms with van der Waals surface area (Å²) in [5.41, 5.74) is 2.64. The molecule has 0 saturated carbocycles. The van der Waals surface area contributed by atoms with Gasteiger partial charge in [-0.05, 0) is 47.5 Å². The van der Waals surface area contributed by atoms with Crippen molar-refractivity contribution in [1.82, 2.24) is 0 Å². The number of hydrogen-bond acceptors (Lipinski definition) is 6. The molecule has 0 aliphatic carbocycles. The van der Waals surface area contributed by atoms with Crippen LogP contribution in [0.5, 0.6) is 11.5 Å². The first kappa shape index (κ1) is 18.7. The summed E-state index contributed by atoms with van der Waals surface area (Å²) in [7, 11) is 0. The number of esters is 1. The second-order valence-electron chi connectivity index (χ2n) is 6.72. The van der Waals surface area contributed by atoms with Gasteiger partial charge in [0, 0.05) is 23.7 Å². The van der Waals surface area contributed by atoms with Gasteiger partial charge < -0.3 is 19.5 Å². The molecule has 0 atom stereocenters. The van der Waals surface area contributed by atoms with E-state index in [1.165, 1.54) is 6.08 Å². The van der Waals surface area contributed by atoms with E-state index in [1.54, 1.807) is 36.4 Å². The zero-order valence-corrected chi connectivity index (χ0v) is 15.6. The minimum atomic E-state index is -0.622. The van der Waals surface area contributed by atoms with Gasteiger partial charge in [0.2, 0.25) is 5.91 Å². The lowest BCUT2D eigenvalue weighted by Gasteiger charge is -2.07. The van der Waals surface area contributed by atoms with Crippen molar-refractivity contribution < 1.29 is 28.6 Å². The van der Waals surface area contributed by atoms with Crippen LogP contribution in [0, 0.1) is 0 Å². The van der Waals surface area contributed by atoms with Gasteiger partial charge in [-0.3, -0.25) is 9.59 Å². The molecular formula is C22H19NO6. The Morgan fingerprint density at radius 2 is 1.90 bits per heavy atom. The summed E-state index contributed by atoms with van der Waals surface area (Å²) < 4.78 is 16.2. The standard InChI is InChI=1S/C22H19NO6/c24-18(15-4-5-17-16(11-15)12-21(25)23-17)13-29-22(26)7-3-14-2-6-19-20(10-14)28-9-1-8-27-19/h2-7,10-11H,1,8-9,12-13H2,(H,23,25)/b7-3+. The van der Waals surface area contributed by atoms with E-state index in [9.17, 15) is 14.4 Å². The van der Waals surface area contributed by atoms with E-state index in [-0.39, 0.29) is 24.7 Å². The maximum Gasteiger partial charge on any atom is 0.331 e. The van der Waals surface area contributed by atoms with Crippen LogP contribution in [-0.4, -0.2) is 37.5 Å². The third kappa shape index (κ3) is 4.45. The molecule has 7 heteroatoms. The second-order valence-corrected chi connectivity index (χ2v) is 6.72. The highest BCUT2D eigenvalue weighted by Crippen LogP contribution is 2.30. The molecule has 148 valence electrons. The number of carbonyl (C=O) groups is 3. The maximum atomic E-state index is 12.3. The molecule has 2 aliphatic heterocycles. The predicted octanol–water partition coefficient (Wildman–Crippen LogP) is 2.78. The molecule has 0 bridgehead atoms. The summed E-state index contributed by atoms with van der Waals surface area (Å²) in [5.74, 6) is 0.265. The molecule has 1 amide bonds. The highest BCUT2D eigenvalue weighted by Gasteiger charge is 2.19. The summed E-state index contributed by atoms with van der Waals surface area (Å²) in [6.45, 7) is 0.821. The fraction of sp³-hybridized carbons (Fsp3) is 0.227. The molecule has 2 aromatic carbocycles. The lowest BCUT2D eigenvalue weighted by Crippen LogP contribution is -2.12. The Morgan fingerprint density at radius 3 is 2.76 bits per heavy atom. The molecule has 2 aliphatic rings. The van der Waals surface area contributed by atoms with E-state index in [0.717, 1.165) is 17.5 Å². The SMILES string of the molecule is O=C1Cc2cc(C(=O)COC(=O)/C=C/c3ccc4c(c3)OCCCO4)ccc2N1. The van der Waals surface area contributed by atoms with Crippen LogP contribution >= 0.6 is 0 Å².